The zero-order chi connectivity index (χ0) is 21.9. The molecular formula is C23H26N2O3S2. The first kappa shape index (κ1) is 22.1. The van der Waals surface area contributed by atoms with Crippen molar-refractivity contribution in [2.75, 3.05) is 11.8 Å². The first-order chi connectivity index (χ1) is 14.1. The molecule has 158 valence electrons. The fourth-order valence-electron chi connectivity index (χ4n) is 2.98. The van der Waals surface area contributed by atoms with Crippen molar-refractivity contribution in [3.8, 4) is 0 Å². The maximum absolute atomic E-state index is 12.7. The molecule has 1 heterocycles. The largest absolute Gasteiger partial charge is 0.337 e. The van der Waals surface area contributed by atoms with Gasteiger partial charge >= 0.3 is 0 Å². The van der Waals surface area contributed by atoms with Gasteiger partial charge in [0.05, 0.1) is 0 Å². The summed E-state index contributed by atoms with van der Waals surface area (Å²) in [6, 6.07) is 18.0. The molecule has 3 rings (SSSR count). The van der Waals surface area contributed by atoms with Crippen LogP contribution in [0.25, 0.3) is 0 Å². The summed E-state index contributed by atoms with van der Waals surface area (Å²) in [5.41, 5.74) is 3.32. The molecule has 1 N–H and O–H groups in total. The van der Waals surface area contributed by atoms with Crippen molar-refractivity contribution in [2.24, 2.45) is 0 Å². The lowest BCUT2D eigenvalue weighted by molar-refractivity contribution is 0.0785. The smallest absolute Gasteiger partial charge is 0.271 e. The third-order valence-corrected chi connectivity index (χ3v) is 7.51. The van der Waals surface area contributed by atoms with Crippen LogP contribution in [0.4, 0.5) is 5.69 Å². The van der Waals surface area contributed by atoms with Crippen LogP contribution in [0.5, 0.6) is 0 Å². The van der Waals surface area contributed by atoms with E-state index >= 15 is 0 Å². The summed E-state index contributed by atoms with van der Waals surface area (Å²) in [6.45, 7) is 7.00. The van der Waals surface area contributed by atoms with Crippen LogP contribution < -0.4 is 4.72 Å². The van der Waals surface area contributed by atoms with Gasteiger partial charge in [0.1, 0.15) is 4.21 Å². The first-order valence-corrected chi connectivity index (χ1v) is 11.9. The summed E-state index contributed by atoms with van der Waals surface area (Å²) in [5.74, 6) is -0.123. The highest BCUT2D eigenvalue weighted by Gasteiger charge is 2.17. The quantitative estimate of drug-likeness (QED) is 0.576. The van der Waals surface area contributed by atoms with Crippen molar-refractivity contribution >= 4 is 33.0 Å². The number of hydrogen-bond donors (Lipinski definition) is 1. The zero-order valence-corrected chi connectivity index (χ0v) is 19.2. The summed E-state index contributed by atoms with van der Waals surface area (Å²) in [7, 11) is -1.84. The number of sulfonamides is 1. The van der Waals surface area contributed by atoms with Crippen LogP contribution in [-0.4, -0.2) is 26.3 Å². The minimum absolute atomic E-state index is 0.0903. The van der Waals surface area contributed by atoms with Gasteiger partial charge in [-0.25, -0.2) is 8.42 Å². The van der Waals surface area contributed by atoms with Crippen molar-refractivity contribution in [3.63, 3.8) is 0 Å². The van der Waals surface area contributed by atoms with Gasteiger partial charge in [0, 0.05) is 24.8 Å². The predicted octanol–water partition coefficient (Wildman–Crippen LogP) is 5.12. The molecule has 3 aromatic rings. The van der Waals surface area contributed by atoms with Gasteiger partial charge in [-0.1, -0.05) is 51.1 Å². The average molecular weight is 443 g/mol. The predicted molar refractivity (Wildman–Crippen MR) is 123 cm³/mol. The highest BCUT2D eigenvalue weighted by Crippen LogP contribution is 2.23. The Kier molecular flexibility index (Phi) is 6.33. The normalized spacial score (nSPS) is 11.9. The molecular weight excluding hydrogens is 416 g/mol. The molecule has 0 aliphatic heterocycles. The molecule has 0 saturated carbocycles. The topological polar surface area (TPSA) is 66.5 Å². The Morgan fingerprint density at radius 1 is 1.00 bits per heavy atom. The average Bonchev–Trinajstić information content (AvgIpc) is 3.23. The van der Waals surface area contributed by atoms with E-state index in [0.29, 0.717) is 17.8 Å². The second kappa shape index (κ2) is 8.62. The van der Waals surface area contributed by atoms with Gasteiger partial charge in [-0.2, -0.15) is 0 Å². The van der Waals surface area contributed by atoms with Crippen LogP contribution in [0.3, 0.4) is 0 Å². The molecule has 0 bridgehead atoms. The van der Waals surface area contributed by atoms with Crippen LogP contribution in [0.15, 0.2) is 70.3 Å². The fraction of sp³-hybridized carbons (Fsp3) is 0.261. The van der Waals surface area contributed by atoms with E-state index in [2.05, 4.69) is 37.6 Å². The molecule has 7 heteroatoms. The molecule has 0 aliphatic carbocycles. The molecule has 1 amide bonds. The van der Waals surface area contributed by atoms with E-state index in [-0.39, 0.29) is 15.5 Å². The number of anilines is 1. The summed E-state index contributed by atoms with van der Waals surface area (Å²) in [4.78, 5) is 14.4. The van der Waals surface area contributed by atoms with Crippen LogP contribution in [-0.2, 0) is 22.0 Å². The fourth-order valence-corrected chi connectivity index (χ4v) is 5.03. The molecule has 0 fully saturated rings. The van der Waals surface area contributed by atoms with Crippen LogP contribution in [0.2, 0.25) is 0 Å². The zero-order valence-electron chi connectivity index (χ0n) is 17.5. The van der Waals surface area contributed by atoms with Gasteiger partial charge in [0.25, 0.3) is 15.9 Å². The van der Waals surface area contributed by atoms with E-state index in [1.54, 1.807) is 53.7 Å². The molecule has 5 nitrogen and oxygen atoms in total. The number of nitrogens with one attached hydrogen (secondary N) is 1. The van der Waals surface area contributed by atoms with Gasteiger partial charge in [-0.05, 0) is 52.3 Å². The Bertz CT molecular complexity index is 1100. The molecule has 2 aromatic carbocycles. The molecule has 0 atom stereocenters. The van der Waals surface area contributed by atoms with E-state index in [9.17, 15) is 13.2 Å². The molecule has 0 unspecified atom stereocenters. The maximum Gasteiger partial charge on any atom is 0.271 e. The highest BCUT2D eigenvalue weighted by molar-refractivity contribution is 7.94. The first-order valence-electron chi connectivity index (χ1n) is 9.57. The Morgan fingerprint density at radius 3 is 2.17 bits per heavy atom. The lowest BCUT2D eigenvalue weighted by Gasteiger charge is -2.21. The second-order valence-electron chi connectivity index (χ2n) is 8.22. The van der Waals surface area contributed by atoms with Crippen molar-refractivity contribution in [2.45, 2.75) is 36.9 Å². The minimum Gasteiger partial charge on any atom is -0.337 e. The van der Waals surface area contributed by atoms with Gasteiger partial charge in [-0.15, -0.1) is 11.3 Å². The van der Waals surface area contributed by atoms with Crippen LogP contribution in [0.1, 0.15) is 42.3 Å². The number of nitrogens with zero attached hydrogens (tertiary/aromatic N) is 1. The van der Waals surface area contributed by atoms with Crippen molar-refractivity contribution in [3.05, 3.63) is 82.7 Å². The summed E-state index contributed by atoms with van der Waals surface area (Å²) < 4.78 is 27.4. The minimum atomic E-state index is -3.60. The molecule has 0 saturated heterocycles. The summed E-state index contributed by atoms with van der Waals surface area (Å²) >= 11 is 1.15. The molecule has 0 radical (unpaired) electrons. The third-order valence-electron chi connectivity index (χ3n) is 4.73. The summed E-state index contributed by atoms with van der Waals surface area (Å²) in [6.07, 6.45) is 0. The number of amides is 1. The van der Waals surface area contributed by atoms with Crippen LogP contribution >= 0.6 is 11.3 Å². The maximum atomic E-state index is 12.7. The number of hydrogen-bond acceptors (Lipinski definition) is 4. The van der Waals surface area contributed by atoms with E-state index in [4.69, 9.17) is 0 Å². The molecule has 0 spiro atoms. The highest BCUT2D eigenvalue weighted by atomic mass is 32.2. The standard InChI is InChI=1S/C23H26N2O3S2/c1-23(2,3)19-11-7-17(8-12-19)16-25(4)22(26)18-9-13-20(14-10-18)24-30(27,28)21-6-5-15-29-21/h5-15,24H,16H2,1-4H3. The van der Waals surface area contributed by atoms with E-state index < -0.39 is 10.0 Å². The molecule has 0 aliphatic rings. The Labute approximate surface area is 182 Å². The number of thiophene rings is 1. The Morgan fingerprint density at radius 2 is 1.63 bits per heavy atom. The Balaban J connectivity index is 1.65. The molecule has 30 heavy (non-hydrogen) atoms. The van der Waals surface area contributed by atoms with Gasteiger partial charge in [0.15, 0.2) is 0 Å². The van der Waals surface area contributed by atoms with Crippen molar-refractivity contribution in [1.29, 1.82) is 0 Å². The molecule has 1 aromatic heterocycles. The lowest BCUT2D eigenvalue weighted by atomic mass is 9.87. The SMILES string of the molecule is CN(Cc1ccc(C(C)(C)C)cc1)C(=O)c1ccc(NS(=O)(=O)c2cccs2)cc1. The van der Waals surface area contributed by atoms with Gasteiger partial charge in [-0.3, -0.25) is 9.52 Å². The van der Waals surface area contributed by atoms with Crippen molar-refractivity contribution < 1.29 is 13.2 Å². The number of benzene rings is 2. The van der Waals surface area contributed by atoms with Gasteiger partial charge < -0.3 is 4.90 Å². The summed E-state index contributed by atoms with van der Waals surface area (Å²) in [5, 5.41) is 1.71. The second-order valence-corrected chi connectivity index (χ2v) is 11.1. The van der Waals surface area contributed by atoms with Crippen molar-refractivity contribution in [1.82, 2.24) is 4.90 Å². The lowest BCUT2D eigenvalue weighted by Crippen LogP contribution is -2.26. The number of rotatable bonds is 6. The van der Waals surface area contributed by atoms with Crippen LogP contribution in [0, 0.1) is 0 Å². The third kappa shape index (κ3) is 5.29. The number of carbonyl (C=O) groups excluding carboxylic acids is 1. The monoisotopic (exact) mass is 442 g/mol. The van der Waals surface area contributed by atoms with E-state index in [1.165, 1.54) is 5.56 Å². The van der Waals surface area contributed by atoms with E-state index in [0.717, 1.165) is 16.9 Å². The van der Waals surface area contributed by atoms with Gasteiger partial charge in [0.2, 0.25) is 0 Å². The van der Waals surface area contributed by atoms with E-state index in [1.807, 2.05) is 12.1 Å². The Hall–Kier alpha value is -2.64. The number of carbonyl (C=O) groups is 1.